The Balaban J connectivity index is 0.000000189. The lowest BCUT2D eigenvalue weighted by molar-refractivity contribution is -0.138. The molecule has 14 nitrogen and oxygen atoms in total. The normalized spacial score (nSPS) is 11.5. The van der Waals surface area contributed by atoms with Gasteiger partial charge in [0.1, 0.15) is 22.8 Å². The van der Waals surface area contributed by atoms with Crippen LogP contribution in [0.5, 0.6) is 0 Å². The highest BCUT2D eigenvalue weighted by Crippen LogP contribution is 2.35. The number of anilines is 5. The van der Waals surface area contributed by atoms with Crippen LogP contribution in [0.2, 0.25) is 15.3 Å². The average Bonchev–Trinajstić information content (AvgIpc) is 3.48. The minimum atomic E-state index is -4.58. The van der Waals surface area contributed by atoms with Crippen LogP contribution in [0.1, 0.15) is 11.1 Å². The molecular formula is C28H23Cl3F6N10O4. The van der Waals surface area contributed by atoms with Gasteiger partial charge in [0.05, 0.1) is 32.5 Å². The molecule has 0 fully saturated rings. The van der Waals surface area contributed by atoms with E-state index in [1.807, 2.05) is 0 Å². The molecule has 0 aliphatic heterocycles. The number of oxazole rings is 2. The number of nitrogens with one attached hydrogen (secondary N) is 3. The number of aromatic nitrogens is 6. The first-order chi connectivity index (χ1) is 23.7. The summed E-state index contributed by atoms with van der Waals surface area (Å²) < 4.78 is 87.8. The van der Waals surface area contributed by atoms with Crippen LogP contribution in [0.4, 0.5) is 55.3 Å². The van der Waals surface area contributed by atoms with Crippen molar-refractivity contribution in [2.45, 2.75) is 12.4 Å². The van der Waals surface area contributed by atoms with Gasteiger partial charge in [0, 0.05) is 52.7 Å². The second kappa shape index (κ2) is 15.0. The van der Waals surface area contributed by atoms with Crippen LogP contribution < -0.4 is 33.2 Å². The van der Waals surface area contributed by atoms with Crippen LogP contribution in [0.25, 0.3) is 22.2 Å². The molecule has 0 radical (unpaired) electrons. The van der Waals surface area contributed by atoms with Gasteiger partial charge in [-0.2, -0.15) is 31.3 Å². The van der Waals surface area contributed by atoms with E-state index >= 15 is 0 Å². The predicted molar refractivity (Wildman–Crippen MR) is 179 cm³/mol. The molecule has 6 aromatic rings. The summed E-state index contributed by atoms with van der Waals surface area (Å²) in [5.74, 6) is -1.79. The van der Waals surface area contributed by atoms with Crippen molar-refractivity contribution >= 4 is 86.0 Å². The summed E-state index contributed by atoms with van der Waals surface area (Å²) in [7, 11) is 5.78. The van der Waals surface area contributed by atoms with E-state index in [1.165, 1.54) is 42.4 Å². The molecule has 0 saturated heterocycles. The van der Waals surface area contributed by atoms with Gasteiger partial charge in [-0.25, -0.2) is 24.5 Å². The Kier molecular flexibility index (Phi) is 11.3. The van der Waals surface area contributed by atoms with Gasteiger partial charge in [0.25, 0.3) is 0 Å². The largest absolute Gasteiger partial charge is 0.421 e. The summed E-state index contributed by atoms with van der Waals surface area (Å²) >= 11 is 17.2. The predicted octanol–water partition coefficient (Wildman–Crippen LogP) is 6.94. The number of nitrogens with two attached hydrogens (primary N) is 1. The standard InChI is InChI=1S/C14H11ClF3N5O2.C8H7ClN2O2.C6H5ClF3N3/c1-19-11-6(14(16,17)18)5-20-12(22-11)21-8-4-10-9(3-7(8)15)23(2)13(24)25-10;1-11-6-2-4(9)5(10)3-7(6)13-8(11)12;1-11-4-3(6(8,9)10)2-12-5(7)13-4/h3-5H,1-2H3,(H2,19,20,21,22);2-3H,10H2,1H3;2H,1H3,(H,11,12,13). The molecule has 4 aromatic heterocycles. The molecule has 0 amide bonds. The van der Waals surface area contributed by atoms with Crippen molar-refractivity contribution in [3.05, 3.63) is 84.2 Å². The van der Waals surface area contributed by atoms with E-state index in [2.05, 4.69) is 35.9 Å². The molecule has 0 aliphatic carbocycles. The fourth-order valence-corrected chi connectivity index (χ4v) is 4.62. The summed E-state index contributed by atoms with van der Waals surface area (Å²) in [4.78, 5) is 36.7. The lowest BCUT2D eigenvalue weighted by Gasteiger charge is -2.13. The van der Waals surface area contributed by atoms with E-state index in [0.717, 1.165) is 0 Å². The lowest BCUT2D eigenvalue weighted by atomic mass is 10.2. The maximum atomic E-state index is 12.9. The Morgan fingerprint density at radius 1 is 0.725 bits per heavy atom. The van der Waals surface area contributed by atoms with Crippen LogP contribution >= 0.6 is 34.8 Å². The maximum absolute atomic E-state index is 12.9. The number of fused-ring (bicyclic) bond motifs is 2. The Morgan fingerprint density at radius 3 is 1.71 bits per heavy atom. The van der Waals surface area contributed by atoms with E-state index in [0.29, 0.717) is 39.7 Å². The summed E-state index contributed by atoms with van der Waals surface area (Å²) in [6.45, 7) is 0. The van der Waals surface area contributed by atoms with Crippen molar-refractivity contribution in [1.82, 2.24) is 29.1 Å². The van der Waals surface area contributed by atoms with Crippen LogP contribution in [0.15, 0.2) is 55.1 Å². The Morgan fingerprint density at radius 2 is 1.20 bits per heavy atom. The molecule has 0 aliphatic rings. The fraction of sp³-hybridized carbons (Fsp3) is 0.214. The second-order valence-corrected chi connectivity index (χ2v) is 11.1. The lowest BCUT2D eigenvalue weighted by Crippen LogP contribution is -2.12. The van der Waals surface area contributed by atoms with Crippen LogP contribution in [-0.4, -0.2) is 43.2 Å². The number of halogens is 9. The van der Waals surface area contributed by atoms with Gasteiger partial charge in [-0.1, -0.05) is 23.2 Å². The monoisotopic (exact) mass is 782 g/mol. The number of aryl methyl sites for hydroxylation is 2. The molecule has 0 saturated carbocycles. The number of nitrogen functional groups attached to an aromatic ring is 1. The molecule has 0 spiro atoms. The number of nitrogens with zero attached hydrogens (tertiary/aromatic N) is 6. The van der Waals surface area contributed by atoms with Gasteiger partial charge < -0.3 is 30.5 Å². The zero-order valence-corrected chi connectivity index (χ0v) is 28.5. The minimum absolute atomic E-state index is 0.100. The summed E-state index contributed by atoms with van der Waals surface area (Å²) in [5, 5.41) is 7.79. The molecule has 51 heavy (non-hydrogen) atoms. The molecule has 0 atom stereocenters. The van der Waals surface area contributed by atoms with Crippen LogP contribution in [0.3, 0.4) is 0 Å². The highest BCUT2D eigenvalue weighted by Gasteiger charge is 2.36. The van der Waals surface area contributed by atoms with E-state index in [1.54, 1.807) is 19.2 Å². The van der Waals surface area contributed by atoms with Gasteiger partial charge in [0.15, 0.2) is 11.2 Å². The zero-order chi connectivity index (χ0) is 38.0. The molecule has 0 bridgehead atoms. The molecule has 4 heterocycles. The summed E-state index contributed by atoms with van der Waals surface area (Å²) in [6.07, 6.45) is -7.75. The number of benzene rings is 2. The number of hydrogen-bond donors (Lipinski definition) is 4. The first-order valence-corrected chi connectivity index (χ1v) is 14.9. The van der Waals surface area contributed by atoms with Crippen molar-refractivity contribution in [3.63, 3.8) is 0 Å². The zero-order valence-electron chi connectivity index (χ0n) is 26.3. The molecule has 5 N–H and O–H groups in total. The molecule has 2 aromatic carbocycles. The fourth-order valence-electron chi connectivity index (χ4n) is 4.13. The number of hydrogen-bond acceptors (Lipinski definition) is 12. The van der Waals surface area contributed by atoms with Crippen LogP contribution in [-0.2, 0) is 26.4 Å². The average molecular weight is 784 g/mol. The van der Waals surface area contributed by atoms with Gasteiger partial charge in [0.2, 0.25) is 11.2 Å². The molecule has 0 unspecified atom stereocenters. The van der Waals surface area contributed by atoms with E-state index in [-0.39, 0.29) is 39.2 Å². The Bertz CT molecular complexity index is 2340. The number of alkyl halides is 6. The van der Waals surface area contributed by atoms with Gasteiger partial charge >= 0.3 is 23.9 Å². The first kappa shape index (κ1) is 38.6. The van der Waals surface area contributed by atoms with Crippen molar-refractivity contribution < 1.29 is 35.2 Å². The third-order valence-corrected chi connectivity index (χ3v) is 7.49. The first-order valence-electron chi connectivity index (χ1n) is 13.7. The van der Waals surface area contributed by atoms with E-state index in [4.69, 9.17) is 49.4 Å². The maximum Gasteiger partial charge on any atom is 0.421 e. The van der Waals surface area contributed by atoms with Crippen molar-refractivity contribution in [2.24, 2.45) is 14.1 Å². The quantitative estimate of drug-likeness (QED) is 0.0822. The highest BCUT2D eigenvalue weighted by atomic mass is 35.5. The topological polar surface area (TPSA) is 184 Å². The van der Waals surface area contributed by atoms with Gasteiger partial charge in [-0.3, -0.25) is 9.13 Å². The minimum Gasteiger partial charge on any atom is -0.408 e. The number of rotatable bonds is 4. The molecule has 272 valence electrons. The third kappa shape index (κ3) is 8.75. The smallest absolute Gasteiger partial charge is 0.408 e. The van der Waals surface area contributed by atoms with Crippen molar-refractivity contribution in [2.75, 3.05) is 35.8 Å². The van der Waals surface area contributed by atoms with Gasteiger partial charge in [-0.15, -0.1) is 0 Å². The summed E-state index contributed by atoms with van der Waals surface area (Å²) in [5.41, 5.74) is 6.15. The Labute approximate surface area is 296 Å². The SMILES string of the molecule is CNc1nc(Cl)ncc1C(F)(F)F.CNc1nc(Nc2cc3oc(=O)n(C)c3cc2Cl)ncc1C(F)(F)F.Cn1c(=O)oc2cc(N)c(Cl)cc21. The highest BCUT2D eigenvalue weighted by molar-refractivity contribution is 6.34. The molecule has 6 rings (SSSR count). The third-order valence-electron chi connectivity index (χ3n) is 6.67. The van der Waals surface area contributed by atoms with E-state index < -0.39 is 35.0 Å². The Hall–Kier alpha value is -5.21. The summed E-state index contributed by atoms with van der Waals surface area (Å²) in [6, 6.07) is 6.09. The molecular weight excluding hydrogens is 761 g/mol. The van der Waals surface area contributed by atoms with Crippen molar-refractivity contribution in [3.8, 4) is 0 Å². The molecule has 23 heteroatoms. The van der Waals surface area contributed by atoms with Gasteiger partial charge in [-0.05, 0) is 23.7 Å². The second-order valence-electron chi connectivity index (χ2n) is 9.97. The van der Waals surface area contributed by atoms with E-state index in [9.17, 15) is 35.9 Å². The van der Waals surface area contributed by atoms with Crippen LogP contribution in [0, 0.1) is 0 Å². The van der Waals surface area contributed by atoms with Crippen molar-refractivity contribution in [1.29, 1.82) is 0 Å².